The Morgan fingerprint density at radius 3 is 2.92 bits per heavy atom. The number of hydrogen-bond donors (Lipinski definition) is 2. The van der Waals surface area contributed by atoms with Crippen LogP contribution in [0.1, 0.15) is 46.1 Å². The molecule has 0 bridgehead atoms. The maximum absolute atomic E-state index is 12.6. The van der Waals surface area contributed by atoms with Gasteiger partial charge in [-0.25, -0.2) is 0 Å². The van der Waals surface area contributed by atoms with Crippen LogP contribution in [0.5, 0.6) is 0 Å². The third-order valence-electron chi connectivity index (χ3n) is 4.72. The topological polar surface area (TPSA) is 79.8 Å². The van der Waals surface area contributed by atoms with Gasteiger partial charge < -0.3 is 10.3 Å². The number of aromatic nitrogens is 3. The third-order valence-corrected chi connectivity index (χ3v) is 4.72. The molecule has 0 unspecified atom stereocenters. The normalized spacial score (nSPS) is 16.1. The Kier molecular flexibility index (Phi) is 4.39. The smallest absolute Gasteiger partial charge is 0.254 e. The summed E-state index contributed by atoms with van der Waals surface area (Å²) in [5.74, 6) is -0.145. The standard InChI is InChI=1S/C20H20N4O2/c25-19-10-9-16-17(22-19)7-4-8-18(16)23-20(26)15-11-21-24(13-15)12-14-5-2-1-3-6-14/h1-3,5-6,9-11,13,18H,4,7-8,12H2,(H,22,25)(H,23,26)/t18-/m1/s1. The second kappa shape index (κ2) is 7.00. The van der Waals surface area contributed by atoms with E-state index in [4.69, 9.17) is 0 Å². The first-order chi connectivity index (χ1) is 12.7. The number of H-pyrrole nitrogens is 1. The minimum atomic E-state index is -0.145. The lowest BCUT2D eigenvalue weighted by Gasteiger charge is -2.25. The molecule has 132 valence electrons. The lowest BCUT2D eigenvalue weighted by Crippen LogP contribution is -2.32. The number of benzene rings is 1. The Balaban J connectivity index is 1.47. The number of rotatable bonds is 4. The largest absolute Gasteiger partial charge is 0.345 e. The van der Waals surface area contributed by atoms with Crippen LogP contribution in [0, 0.1) is 0 Å². The molecule has 6 nitrogen and oxygen atoms in total. The van der Waals surface area contributed by atoms with Gasteiger partial charge in [0.15, 0.2) is 0 Å². The van der Waals surface area contributed by atoms with Crippen molar-refractivity contribution >= 4 is 5.91 Å². The van der Waals surface area contributed by atoms with Crippen molar-refractivity contribution < 1.29 is 4.79 Å². The number of aromatic amines is 1. The fourth-order valence-corrected chi connectivity index (χ4v) is 3.43. The predicted molar refractivity (Wildman–Crippen MR) is 98.0 cm³/mol. The Labute approximate surface area is 150 Å². The van der Waals surface area contributed by atoms with Crippen LogP contribution in [-0.2, 0) is 13.0 Å². The maximum atomic E-state index is 12.6. The van der Waals surface area contributed by atoms with Crippen molar-refractivity contribution in [2.75, 3.05) is 0 Å². The minimum Gasteiger partial charge on any atom is -0.345 e. The van der Waals surface area contributed by atoms with E-state index in [1.807, 2.05) is 36.4 Å². The van der Waals surface area contributed by atoms with Crippen LogP contribution >= 0.6 is 0 Å². The van der Waals surface area contributed by atoms with E-state index in [9.17, 15) is 9.59 Å². The lowest BCUT2D eigenvalue weighted by atomic mass is 9.91. The highest BCUT2D eigenvalue weighted by Gasteiger charge is 2.23. The molecule has 1 aliphatic rings. The van der Waals surface area contributed by atoms with E-state index in [1.165, 1.54) is 6.07 Å². The number of nitrogens with zero attached hydrogens (tertiary/aromatic N) is 2. The van der Waals surface area contributed by atoms with Gasteiger partial charge in [0.05, 0.1) is 24.3 Å². The van der Waals surface area contributed by atoms with Gasteiger partial charge in [-0.15, -0.1) is 0 Å². The molecular weight excluding hydrogens is 328 g/mol. The summed E-state index contributed by atoms with van der Waals surface area (Å²) in [6.07, 6.45) is 5.99. The van der Waals surface area contributed by atoms with Gasteiger partial charge in [0, 0.05) is 18.0 Å². The summed E-state index contributed by atoms with van der Waals surface area (Å²) in [4.78, 5) is 27.0. The van der Waals surface area contributed by atoms with Crippen molar-refractivity contribution in [3.05, 3.63) is 87.6 Å². The molecule has 1 amide bonds. The molecule has 26 heavy (non-hydrogen) atoms. The number of nitrogens with one attached hydrogen (secondary N) is 2. The second-order valence-electron chi connectivity index (χ2n) is 6.59. The molecule has 0 spiro atoms. The number of aryl methyl sites for hydroxylation is 1. The molecule has 1 atom stereocenters. The fourth-order valence-electron chi connectivity index (χ4n) is 3.43. The van der Waals surface area contributed by atoms with Crippen LogP contribution in [0.2, 0.25) is 0 Å². The maximum Gasteiger partial charge on any atom is 0.254 e. The number of pyridine rings is 1. The second-order valence-corrected chi connectivity index (χ2v) is 6.59. The summed E-state index contributed by atoms with van der Waals surface area (Å²) in [6.45, 7) is 0.627. The first kappa shape index (κ1) is 16.3. The van der Waals surface area contributed by atoms with Crippen molar-refractivity contribution in [2.24, 2.45) is 0 Å². The zero-order chi connectivity index (χ0) is 17.9. The first-order valence-corrected chi connectivity index (χ1v) is 8.78. The molecule has 0 radical (unpaired) electrons. The van der Waals surface area contributed by atoms with E-state index in [-0.39, 0.29) is 17.5 Å². The molecule has 1 aliphatic carbocycles. The summed E-state index contributed by atoms with van der Waals surface area (Å²) in [7, 11) is 0. The summed E-state index contributed by atoms with van der Waals surface area (Å²) >= 11 is 0. The van der Waals surface area contributed by atoms with Crippen molar-refractivity contribution in [1.82, 2.24) is 20.1 Å². The first-order valence-electron chi connectivity index (χ1n) is 8.78. The van der Waals surface area contributed by atoms with E-state index in [2.05, 4.69) is 15.4 Å². The highest BCUT2D eigenvalue weighted by molar-refractivity contribution is 5.94. The van der Waals surface area contributed by atoms with Crippen LogP contribution in [0.4, 0.5) is 0 Å². The van der Waals surface area contributed by atoms with Gasteiger partial charge in [0.2, 0.25) is 5.56 Å². The summed E-state index contributed by atoms with van der Waals surface area (Å²) in [6, 6.07) is 13.2. The Bertz CT molecular complexity index is 975. The van der Waals surface area contributed by atoms with Gasteiger partial charge in [-0.1, -0.05) is 30.3 Å². The molecule has 0 saturated heterocycles. The van der Waals surface area contributed by atoms with E-state index < -0.39 is 0 Å². The molecule has 2 heterocycles. The number of fused-ring (bicyclic) bond motifs is 1. The average Bonchev–Trinajstić information content (AvgIpc) is 3.11. The van der Waals surface area contributed by atoms with Crippen LogP contribution < -0.4 is 10.9 Å². The van der Waals surface area contributed by atoms with Crippen molar-refractivity contribution in [2.45, 2.75) is 31.8 Å². The molecule has 4 rings (SSSR count). The number of carbonyl (C=O) groups excluding carboxylic acids is 1. The number of hydrogen-bond acceptors (Lipinski definition) is 3. The highest BCUT2D eigenvalue weighted by atomic mass is 16.1. The Hall–Kier alpha value is -3.15. The number of amides is 1. The lowest BCUT2D eigenvalue weighted by molar-refractivity contribution is 0.0932. The van der Waals surface area contributed by atoms with E-state index >= 15 is 0 Å². The molecule has 0 aliphatic heterocycles. The predicted octanol–water partition coefficient (Wildman–Crippen LogP) is 2.43. The third kappa shape index (κ3) is 3.44. The van der Waals surface area contributed by atoms with Crippen molar-refractivity contribution in [3.63, 3.8) is 0 Å². The van der Waals surface area contributed by atoms with Gasteiger partial charge in [-0.2, -0.15) is 5.10 Å². The molecular formula is C20H20N4O2. The minimum absolute atomic E-state index is 0.0828. The van der Waals surface area contributed by atoms with Gasteiger partial charge in [-0.05, 0) is 36.5 Å². The SMILES string of the molecule is O=C(N[C@@H]1CCCc2[nH]c(=O)ccc21)c1cnn(Cc2ccccc2)c1. The number of carbonyl (C=O) groups is 1. The zero-order valence-electron chi connectivity index (χ0n) is 14.3. The molecule has 3 aromatic rings. The van der Waals surface area contributed by atoms with Crippen LogP contribution in [0.3, 0.4) is 0 Å². The zero-order valence-corrected chi connectivity index (χ0v) is 14.3. The molecule has 2 aromatic heterocycles. The average molecular weight is 348 g/mol. The monoisotopic (exact) mass is 348 g/mol. The van der Waals surface area contributed by atoms with Crippen LogP contribution in [-0.4, -0.2) is 20.7 Å². The van der Waals surface area contributed by atoms with Crippen LogP contribution in [0.25, 0.3) is 0 Å². The van der Waals surface area contributed by atoms with Crippen LogP contribution in [0.15, 0.2) is 59.7 Å². The van der Waals surface area contributed by atoms with Gasteiger partial charge in [-0.3, -0.25) is 14.3 Å². The molecule has 0 saturated carbocycles. The Morgan fingerprint density at radius 2 is 2.08 bits per heavy atom. The van der Waals surface area contributed by atoms with E-state index in [0.717, 1.165) is 36.1 Å². The van der Waals surface area contributed by atoms with Gasteiger partial charge >= 0.3 is 0 Å². The highest BCUT2D eigenvalue weighted by Crippen LogP contribution is 2.27. The molecule has 6 heteroatoms. The van der Waals surface area contributed by atoms with Crippen molar-refractivity contribution in [1.29, 1.82) is 0 Å². The summed E-state index contributed by atoms with van der Waals surface area (Å²) < 4.78 is 1.76. The van der Waals surface area contributed by atoms with Gasteiger partial charge in [0.25, 0.3) is 5.91 Å². The fraction of sp³-hybridized carbons (Fsp3) is 0.250. The van der Waals surface area contributed by atoms with Gasteiger partial charge in [0.1, 0.15) is 0 Å². The quantitative estimate of drug-likeness (QED) is 0.760. The molecule has 2 N–H and O–H groups in total. The van der Waals surface area contributed by atoms with E-state index in [0.29, 0.717) is 12.1 Å². The summed E-state index contributed by atoms with van der Waals surface area (Å²) in [5.41, 5.74) is 3.50. The summed E-state index contributed by atoms with van der Waals surface area (Å²) in [5, 5.41) is 7.36. The molecule has 1 aromatic carbocycles. The molecule has 0 fully saturated rings. The Morgan fingerprint density at radius 1 is 1.23 bits per heavy atom. The van der Waals surface area contributed by atoms with Crippen molar-refractivity contribution in [3.8, 4) is 0 Å². The van der Waals surface area contributed by atoms with E-state index in [1.54, 1.807) is 17.1 Å².